The molecule has 2 rings (SSSR count). The van der Waals surface area contributed by atoms with E-state index < -0.39 is 0 Å². The summed E-state index contributed by atoms with van der Waals surface area (Å²) in [6.07, 6.45) is 0. The summed E-state index contributed by atoms with van der Waals surface area (Å²) in [6, 6.07) is 5.84. The highest BCUT2D eigenvalue weighted by Crippen LogP contribution is 2.20. The monoisotopic (exact) mass is 239 g/mol. The van der Waals surface area contributed by atoms with Crippen LogP contribution in [0.1, 0.15) is 28.6 Å². The number of benzene rings is 1. The Kier molecular flexibility index (Phi) is 3.98. The molecule has 1 atom stereocenters. The second kappa shape index (κ2) is 5.05. The fourth-order valence-electron chi connectivity index (χ4n) is 1.54. The molecule has 0 saturated heterocycles. The first-order chi connectivity index (χ1) is 7.18. The van der Waals surface area contributed by atoms with Gasteiger partial charge in [0.25, 0.3) is 0 Å². The largest absolute Gasteiger partial charge is 0.318 e. The average molecular weight is 240 g/mol. The molecule has 3 N–H and O–H groups in total. The molecule has 1 aromatic carbocycles. The number of H-pyrrole nitrogens is 1. The van der Waals surface area contributed by atoms with Gasteiger partial charge in [0.15, 0.2) is 5.82 Å². The predicted octanol–water partition coefficient (Wildman–Crippen LogP) is 1.29. The van der Waals surface area contributed by atoms with Gasteiger partial charge in [0, 0.05) is 0 Å². The third-order valence-corrected chi connectivity index (χ3v) is 2.41. The second-order valence-electron chi connectivity index (χ2n) is 3.61. The van der Waals surface area contributed by atoms with E-state index in [4.69, 9.17) is 5.73 Å². The van der Waals surface area contributed by atoms with E-state index in [1.54, 1.807) is 0 Å². The Hall–Kier alpha value is -1.46. The van der Waals surface area contributed by atoms with E-state index in [9.17, 15) is 0 Å². The number of aryl methyl sites for hydroxylation is 2. The Bertz CT molecular complexity index is 454. The molecule has 0 radical (unpaired) electrons. The second-order valence-corrected chi connectivity index (χ2v) is 3.61. The van der Waals surface area contributed by atoms with Gasteiger partial charge in [-0.15, -0.1) is 22.6 Å². The molecule has 0 aliphatic heterocycles. The molecular weight excluding hydrogens is 226 g/mol. The van der Waals surface area contributed by atoms with Gasteiger partial charge in [0.2, 0.25) is 0 Å². The number of hydrogen-bond donors (Lipinski definition) is 2. The van der Waals surface area contributed by atoms with E-state index in [1.165, 1.54) is 5.56 Å². The molecule has 2 aromatic rings. The summed E-state index contributed by atoms with van der Waals surface area (Å²) in [7, 11) is 0. The predicted molar refractivity (Wildman–Crippen MR) is 63.4 cm³/mol. The van der Waals surface area contributed by atoms with Gasteiger partial charge in [-0.05, 0) is 25.0 Å². The van der Waals surface area contributed by atoms with Gasteiger partial charge < -0.3 is 5.73 Å². The first-order valence-corrected chi connectivity index (χ1v) is 4.74. The SMILES string of the molecule is Cc1ccc(C)c(C(N)c2nn[nH]n2)c1.Cl. The summed E-state index contributed by atoms with van der Waals surface area (Å²) >= 11 is 0. The van der Waals surface area contributed by atoms with E-state index in [1.807, 2.05) is 19.9 Å². The molecule has 0 amide bonds. The topological polar surface area (TPSA) is 80.5 Å². The Morgan fingerprint density at radius 2 is 2.06 bits per heavy atom. The minimum Gasteiger partial charge on any atom is -0.318 e. The Labute approximate surface area is 99.8 Å². The smallest absolute Gasteiger partial charge is 0.195 e. The first kappa shape index (κ1) is 12.6. The number of rotatable bonds is 2. The summed E-state index contributed by atoms with van der Waals surface area (Å²) in [5.41, 5.74) is 9.40. The lowest BCUT2D eigenvalue weighted by atomic mass is 9.99. The molecule has 0 fully saturated rings. The number of aromatic amines is 1. The highest BCUT2D eigenvalue weighted by Gasteiger charge is 2.15. The van der Waals surface area contributed by atoms with Crippen molar-refractivity contribution in [2.75, 3.05) is 0 Å². The van der Waals surface area contributed by atoms with Crippen LogP contribution in [-0.4, -0.2) is 20.6 Å². The summed E-state index contributed by atoms with van der Waals surface area (Å²) in [4.78, 5) is 0. The minimum absolute atomic E-state index is 0. The number of nitrogens with two attached hydrogens (primary N) is 1. The van der Waals surface area contributed by atoms with Crippen LogP contribution in [0.2, 0.25) is 0 Å². The molecule has 1 heterocycles. The zero-order chi connectivity index (χ0) is 10.8. The Balaban J connectivity index is 0.00000128. The van der Waals surface area contributed by atoms with Crippen LogP contribution in [0.25, 0.3) is 0 Å². The summed E-state index contributed by atoms with van der Waals surface area (Å²) in [6.45, 7) is 4.06. The Morgan fingerprint density at radius 1 is 1.31 bits per heavy atom. The van der Waals surface area contributed by atoms with E-state index in [0.29, 0.717) is 5.82 Å². The lowest BCUT2D eigenvalue weighted by molar-refractivity contribution is 0.778. The zero-order valence-electron chi connectivity index (χ0n) is 9.14. The van der Waals surface area contributed by atoms with E-state index in [2.05, 4.69) is 32.8 Å². The number of nitrogens with one attached hydrogen (secondary N) is 1. The van der Waals surface area contributed by atoms with Crippen LogP contribution < -0.4 is 5.73 Å². The van der Waals surface area contributed by atoms with Gasteiger partial charge >= 0.3 is 0 Å². The molecule has 6 heteroatoms. The first-order valence-electron chi connectivity index (χ1n) is 4.74. The summed E-state index contributed by atoms with van der Waals surface area (Å²) in [5, 5.41) is 13.7. The molecular formula is C10H14ClN5. The van der Waals surface area contributed by atoms with Crippen LogP contribution in [0.5, 0.6) is 0 Å². The third kappa shape index (κ3) is 2.37. The average Bonchev–Trinajstić information content (AvgIpc) is 2.74. The molecule has 1 unspecified atom stereocenters. The van der Waals surface area contributed by atoms with Crippen LogP contribution in [0.15, 0.2) is 18.2 Å². The molecule has 0 spiro atoms. The number of aromatic nitrogens is 4. The van der Waals surface area contributed by atoms with Crippen LogP contribution in [0.3, 0.4) is 0 Å². The van der Waals surface area contributed by atoms with Gasteiger partial charge in [0.05, 0.1) is 6.04 Å². The van der Waals surface area contributed by atoms with Crippen molar-refractivity contribution in [3.05, 3.63) is 40.7 Å². The van der Waals surface area contributed by atoms with Crippen molar-refractivity contribution < 1.29 is 0 Å². The standard InChI is InChI=1S/C10H13N5.ClH/c1-6-3-4-7(2)8(5-6)9(11)10-12-14-15-13-10;/h3-5,9H,11H2,1-2H3,(H,12,13,14,15);1H. The lowest BCUT2D eigenvalue weighted by Gasteiger charge is -2.11. The van der Waals surface area contributed by atoms with Gasteiger partial charge in [0.1, 0.15) is 0 Å². The van der Waals surface area contributed by atoms with Crippen molar-refractivity contribution in [2.45, 2.75) is 19.9 Å². The number of hydrogen-bond acceptors (Lipinski definition) is 4. The highest BCUT2D eigenvalue weighted by atomic mass is 35.5. The number of tetrazole rings is 1. The third-order valence-electron chi connectivity index (χ3n) is 2.41. The molecule has 0 saturated carbocycles. The molecule has 16 heavy (non-hydrogen) atoms. The molecule has 0 bridgehead atoms. The van der Waals surface area contributed by atoms with Crippen molar-refractivity contribution in [2.24, 2.45) is 5.73 Å². The maximum atomic E-state index is 6.05. The van der Waals surface area contributed by atoms with E-state index in [0.717, 1.165) is 11.1 Å². The van der Waals surface area contributed by atoms with Crippen LogP contribution in [0, 0.1) is 13.8 Å². The minimum atomic E-state index is -0.316. The summed E-state index contributed by atoms with van der Waals surface area (Å²) in [5.74, 6) is 0.517. The molecule has 86 valence electrons. The van der Waals surface area contributed by atoms with Crippen molar-refractivity contribution in [1.82, 2.24) is 20.6 Å². The summed E-state index contributed by atoms with van der Waals surface area (Å²) < 4.78 is 0. The van der Waals surface area contributed by atoms with Crippen molar-refractivity contribution in [3.8, 4) is 0 Å². The van der Waals surface area contributed by atoms with Crippen molar-refractivity contribution in [1.29, 1.82) is 0 Å². The van der Waals surface area contributed by atoms with Gasteiger partial charge in [-0.25, -0.2) is 0 Å². The van der Waals surface area contributed by atoms with Gasteiger partial charge in [-0.2, -0.15) is 5.21 Å². The fourth-order valence-corrected chi connectivity index (χ4v) is 1.54. The maximum absolute atomic E-state index is 6.05. The fraction of sp³-hybridized carbons (Fsp3) is 0.300. The van der Waals surface area contributed by atoms with Crippen LogP contribution >= 0.6 is 12.4 Å². The van der Waals surface area contributed by atoms with Gasteiger partial charge in [-0.3, -0.25) is 0 Å². The quantitative estimate of drug-likeness (QED) is 0.828. The normalized spacial score (nSPS) is 11.9. The van der Waals surface area contributed by atoms with Crippen molar-refractivity contribution >= 4 is 12.4 Å². The number of nitrogens with zero attached hydrogens (tertiary/aromatic N) is 3. The Morgan fingerprint density at radius 3 is 2.69 bits per heavy atom. The van der Waals surface area contributed by atoms with Crippen LogP contribution in [0.4, 0.5) is 0 Å². The van der Waals surface area contributed by atoms with Gasteiger partial charge in [-0.1, -0.05) is 29.0 Å². The molecule has 1 aromatic heterocycles. The maximum Gasteiger partial charge on any atom is 0.195 e. The van der Waals surface area contributed by atoms with Crippen molar-refractivity contribution in [3.63, 3.8) is 0 Å². The van der Waals surface area contributed by atoms with Crippen LogP contribution in [-0.2, 0) is 0 Å². The zero-order valence-corrected chi connectivity index (χ0v) is 9.95. The number of halogens is 1. The lowest BCUT2D eigenvalue weighted by Crippen LogP contribution is -2.15. The molecule has 0 aliphatic rings. The van der Waals surface area contributed by atoms with E-state index in [-0.39, 0.29) is 18.4 Å². The molecule has 5 nitrogen and oxygen atoms in total. The highest BCUT2D eigenvalue weighted by molar-refractivity contribution is 5.85. The van der Waals surface area contributed by atoms with E-state index >= 15 is 0 Å². The molecule has 0 aliphatic carbocycles.